The number of hydrogen-bond donors (Lipinski definition) is 1. The third-order valence-electron chi connectivity index (χ3n) is 3.74. The molecular weight excluding hydrogens is 264 g/mol. The number of amides is 1. The lowest BCUT2D eigenvalue weighted by atomic mass is 10.0. The van der Waals surface area contributed by atoms with Crippen molar-refractivity contribution in [3.63, 3.8) is 0 Å². The molecule has 0 radical (unpaired) electrons. The highest BCUT2D eigenvalue weighted by Gasteiger charge is 2.29. The smallest absolute Gasteiger partial charge is 0.225 e. The molecule has 0 aromatic heterocycles. The molecule has 1 amide bonds. The second-order valence-corrected chi connectivity index (χ2v) is 5.35. The molecule has 0 aliphatic carbocycles. The van der Waals surface area contributed by atoms with Gasteiger partial charge in [0.15, 0.2) is 0 Å². The van der Waals surface area contributed by atoms with E-state index in [-0.39, 0.29) is 24.4 Å². The van der Waals surface area contributed by atoms with Crippen molar-refractivity contribution in [2.24, 2.45) is 5.73 Å². The maximum absolute atomic E-state index is 12.2. The Bertz CT molecular complexity index is 582. The Labute approximate surface area is 124 Å². The van der Waals surface area contributed by atoms with Gasteiger partial charge in [-0.1, -0.05) is 12.1 Å². The van der Waals surface area contributed by atoms with Crippen LogP contribution in [0.25, 0.3) is 0 Å². The monoisotopic (exact) mass is 282 g/mol. The van der Waals surface area contributed by atoms with Gasteiger partial charge in [0.1, 0.15) is 6.04 Å². The van der Waals surface area contributed by atoms with Crippen LogP contribution in [-0.2, 0) is 11.2 Å². The first kappa shape index (κ1) is 15.0. The van der Waals surface area contributed by atoms with E-state index in [1.807, 2.05) is 12.1 Å². The topological polar surface area (TPSA) is 93.9 Å². The average molecular weight is 282 g/mol. The molecule has 2 N–H and O–H groups in total. The molecule has 1 aromatic carbocycles. The van der Waals surface area contributed by atoms with Crippen LogP contribution in [0.1, 0.15) is 30.4 Å². The minimum Gasteiger partial charge on any atom is -0.327 e. The molecule has 0 spiro atoms. The van der Waals surface area contributed by atoms with Gasteiger partial charge in [-0.05, 0) is 37.0 Å². The molecule has 1 aromatic rings. The van der Waals surface area contributed by atoms with Gasteiger partial charge in [-0.3, -0.25) is 4.79 Å². The van der Waals surface area contributed by atoms with Crippen molar-refractivity contribution in [1.29, 1.82) is 10.5 Å². The van der Waals surface area contributed by atoms with E-state index >= 15 is 0 Å². The molecule has 1 fully saturated rings. The van der Waals surface area contributed by atoms with Gasteiger partial charge < -0.3 is 10.6 Å². The van der Waals surface area contributed by atoms with Crippen LogP contribution in [0.15, 0.2) is 24.3 Å². The van der Waals surface area contributed by atoms with Crippen LogP contribution in [0, 0.1) is 22.7 Å². The fourth-order valence-electron chi connectivity index (χ4n) is 2.63. The number of likely N-dealkylation sites (tertiary alicyclic amines) is 1. The minimum atomic E-state index is -0.292. The van der Waals surface area contributed by atoms with Crippen molar-refractivity contribution in [2.75, 3.05) is 6.54 Å². The van der Waals surface area contributed by atoms with Gasteiger partial charge >= 0.3 is 0 Å². The second-order valence-electron chi connectivity index (χ2n) is 5.35. The third-order valence-corrected chi connectivity index (χ3v) is 3.74. The molecule has 5 nitrogen and oxygen atoms in total. The van der Waals surface area contributed by atoms with Crippen LogP contribution in [0.3, 0.4) is 0 Å². The van der Waals surface area contributed by atoms with E-state index in [2.05, 4.69) is 12.1 Å². The van der Waals surface area contributed by atoms with Crippen molar-refractivity contribution < 1.29 is 4.79 Å². The molecule has 1 aliphatic heterocycles. The zero-order chi connectivity index (χ0) is 15.2. The first-order valence-corrected chi connectivity index (χ1v) is 7.07. The van der Waals surface area contributed by atoms with E-state index in [1.54, 1.807) is 17.0 Å². The minimum absolute atomic E-state index is 0.0415. The Morgan fingerprint density at radius 3 is 2.71 bits per heavy atom. The summed E-state index contributed by atoms with van der Waals surface area (Å²) >= 11 is 0. The molecule has 2 rings (SSSR count). The summed E-state index contributed by atoms with van der Waals surface area (Å²) in [5, 5.41) is 17.8. The third kappa shape index (κ3) is 3.81. The summed E-state index contributed by atoms with van der Waals surface area (Å²) in [4.78, 5) is 13.8. The van der Waals surface area contributed by atoms with E-state index in [0.717, 1.165) is 18.4 Å². The standard InChI is InChI=1S/C16H18N4O/c17-10-13-5-3-12(4-6-13)8-14(19)9-16(21)20-7-1-2-15(20)11-18/h3-6,14-15H,1-2,7-9,19H2/t14-,15+/m1/s1. The molecule has 1 aliphatic rings. The Hall–Kier alpha value is -2.37. The highest BCUT2D eigenvalue weighted by Crippen LogP contribution is 2.18. The number of hydrogen-bond acceptors (Lipinski definition) is 4. The van der Waals surface area contributed by atoms with Crippen LogP contribution >= 0.6 is 0 Å². The largest absolute Gasteiger partial charge is 0.327 e. The molecule has 5 heteroatoms. The van der Waals surface area contributed by atoms with Crippen LogP contribution in [0.4, 0.5) is 0 Å². The average Bonchev–Trinajstić information content (AvgIpc) is 2.96. The van der Waals surface area contributed by atoms with E-state index in [9.17, 15) is 4.79 Å². The number of nitrogens with zero attached hydrogens (tertiary/aromatic N) is 3. The highest BCUT2D eigenvalue weighted by atomic mass is 16.2. The molecule has 0 unspecified atom stereocenters. The van der Waals surface area contributed by atoms with Gasteiger partial charge in [0, 0.05) is 19.0 Å². The van der Waals surface area contributed by atoms with Crippen molar-refractivity contribution in [1.82, 2.24) is 4.90 Å². The molecule has 0 saturated carbocycles. The molecular formula is C16H18N4O. The second kappa shape index (κ2) is 6.88. The summed E-state index contributed by atoms with van der Waals surface area (Å²) in [7, 11) is 0. The van der Waals surface area contributed by atoms with E-state index in [4.69, 9.17) is 16.3 Å². The quantitative estimate of drug-likeness (QED) is 0.901. The van der Waals surface area contributed by atoms with Crippen molar-refractivity contribution in [3.05, 3.63) is 35.4 Å². The lowest BCUT2D eigenvalue weighted by Crippen LogP contribution is -2.39. The van der Waals surface area contributed by atoms with Gasteiger partial charge in [-0.25, -0.2) is 0 Å². The van der Waals surface area contributed by atoms with Gasteiger partial charge in [0.05, 0.1) is 17.7 Å². The lowest BCUT2D eigenvalue weighted by Gasteiger charge is -2.21. The highest BCUT2D eigenvalue weighted by molar-refractivity contribution is 5.77. The Morgan fingerprint density at radius 2 is 2.10 bits per heavy atom. The number of rotatable bonds is 4. The first-order valence-electron chi connectivity index (χ1n) is 7.07. The van der Waals surface area contributed by atoms with Gasteiger partial charge in [-0.15, -0.1) is 0 Å². The van der Waals surface area contributed by atoms with Crippen LogP contribution < -0.4 is 5.73 Å². The SMILES string of the molecule is N#Cc1ccc(C[C@@H](N)CC(=O)N2CCC[C@H]2C#N)cc1. The van der Waals surface area contributed by atoms with Crippen molar-refractivity contribution in [2.45, 2.75) is 37.8 Å². The van der Waals surface area contributed by atoms with E-state index in [0.29, 0.717) is 18.5 Å². The summed E-state index contributed by atoms with van der Waals surface area (Å²) in [5.74, 6) is -0.0415. The summed E-state index contributed by atoms with van der Waals surface area (Å²) in [5.41, 5.74) is 7.65. The summed E-state index contributed by atoms with van der Waals surface area (Å²) in [6.45, 7) is 0.653. The predicted molar refractivity (Wildman–Crippen MR) is 77.8 cm³/mol. The van der Waals surface area contributed by atoms with Gasteiger partial charge in [0.2, 0.25) is 5.91 Å². The number of nitriles is 2. The van der Waals surface area contributed by atoms with Gasteiger partial charge in [-0.2, -0.15) is 10.5 Å². The van der Waals surface area contributed by atoms with E-state index in [1.165, 1.54) is 0 Å². The van der Waals surface area contributed by atoms with Crippen molar-refractivity contribution >= 4 is 5.91 Å². The van der Waals surface area contributed by atoms with E-state index < -0.39 is 0 Å². The van der Waals surface area contributed by atoms with Crippen molar-refractivity contribution in [3.8, 4) is 12.1 Å². The van der Waals surface area contributed by atoms with Crippen LogP contribution in [0.2, 0.25) is 0 Å². The predicted octanol–water partition coefficient (Wildman–Crippen LogP) is 1.33. The first-order chi connectivity index (χ1) is 10.1. The number of carbonyl (C=O) groups is 1. The molecule has 1 saturated heterocycles. The van der Waals surface area contributed by atoms with Crippen LogP contribution in [-0.4, -0.2) is 29.4 Å². The zero-order valence-electron chi connectivity index (χ0n) is 11.8. The fourth-order valence-corrected chi connectivity index (χ4v) is 2.63. The number of benzene rings is 1. The lowest BCUT2D eigenvalue weighted by molar-refractivity contribution is -0.131. The number of carbonyl (C=O) groups excluding carboxylic acids is 1. The van der Waals surface area contributed by atoms with Crippen LogP contribution in [0.5, 0.6) is 0 Å². The zero-order valence-corrected chi connectivity index (χ0v) is 11.8. The summed E-state index contributed by atoms with van der Waals surface area (Å²) in [6.07, 6.45) is 2.47. The molecule has 1 heterocycles. The summed E-state index contributed by atoms with van der Waals surface area (Å²) in [6, 6.07) is 10.9. The Kier molecular flexibility index (Phi) is 4.92. The fraction of sp³-hybridized carbons (Fsp3) is 0.438. The van der Waals surface area contributed by atoms with Gasteiger partial charge in [0.25, 0.3) is 0 Å². The Balaban J connectivity index is 1.89. The molecule has 21 heavy (non-hydrogen) atoms. The summed E-state index contributed by atoms with van der Waals surface area (Å²) < 4.78 is 0. The normalized spacial score (nSPS) is 18.8. The maximum atomic E-state index is 12.2. The maximum Gasteiger partial charge on any atom is 0.225 e. The molecule has 2 atom stereocenters. The number of nitrogens with two attached hydrogens (primary N) is 1. The Morgan fingerprint density at radius 1 is 1.38 bits per heavy atom. The molecule has 108 valence electrons. The molecule has 0 bridgehead atoms.